The third-order valence-electron chi connectivity index (χ3n) is 10.8. The van der Waals surface area contributed by atoms with Crippen LogP contribution in [0.1, 0.15) is 125 Å². The predicted octanol–water partition coefficient (Wildman–Crippen LogP) is 8.90. The van der Waals surface area contributed by atoms with Gasteiger partial charge in [-0.2, -0.15) is 0 Å². The van der Waals surface area contributed by atoms with E-state index in [0.29, 0.717) is 23.0 Å². The van der Waals surface area contributed by atoms with Gasteiger partial charge in [0.15, 0.2) is 0 Å². The molecule has 4 aliphatic rings. The van der Waals surface area contributed by atoms with Crippen molar-refractivity contribution >= 4 is 23.2 Å². The van der Waals surface area contributed by atoms with Crippen LogP contribution in [0.3, 0.4) is 0 Å². The van der Waals surface area contributed by atoms with Crippen LogP contribution in [-0.4, -0.2) is 35.7 Å². The number of carbonyl (C=O) groups excluding carboxylic acids is 2. The molecule has 2 aliphatic heterocycles. The zero-order valence-electron chi connectivity index (χ0n) is 26.1. The van der Waals surface area contributed by atoms with E-state index in [2.05, 4.69) is 62.4 Å². The van der Waals surface area contributed by atoms with Crippen LogP contribution in [0.5, 0.6) is 0 Å². The maximum absolute atomic E-state index is 13.7. The summed E-state index contributed by atoms with van der Waals surface area (Å²) in [5, 5.41) is 0. The van der Waals surface area contributed by atoms with Crippen molar-refractivity contribution in [2.45, 2.75) is 103 Å². The minimum atomic E-state index is -0.0932. The van der Waals surface area contributed by atoms with E-state index < -0.39 is 0 Å². The largest absolute Gasteiger partial charge is 0.310 e. The summed E-state index contributed by atoms with van der Waals surface area (Å²) >= 11 is 0. The lowest BCUT2D eigenvalue weighted by Crippen LogP contribution is -2.25. The van der Waals surface area contributed by atoms with Crippen molar-refractivity contribution in [1.82, 2.24) is 9.80 Å². The van der Waals surface area contributed by atoms with Gasteiger partial charge in [0.1, 0.15) is 0 Å². The average molecular weight is 565 g/mol. The van der Waals surface area contributed by atoms with Crippen LogP contribution < -0.4 is 0 Å². The lowest BCUT2D eigenvalue weighted by molar-refractivity contribution is -0.123. The number of amides is 2. The van der Waals surface area contributed by atoms with E-state index in [1.165, 1.54) is 88.2 Å². The highest BCUT2D eigenvalue weighted by molar-refractivity contribution is 6.30. The van der Waals surface area contributed by atoms with Crippen LogP contribution in [0.25, 0.3) is 11.4 Å². The Labute approximate surface area is 252 Å². The fraction of sp³-hybridized carbons (Fsp3) is 0.526. The Kier molecular flexibility index (Phi) is 8.43. The summed E-state index contributed by atoms with van der Waals surface area (Å²) in [7, 11) is 3.61. The molecule has 0 bridgehead atoms. The SMILES string of the molecule is CCCC1CCC(c2ccc(C3=C4C(=O)N(C)C(c5ccc(C6CCC(CCC)CC6)cc5)=C4C(=O)N3C)cc2)CC1. The second kappa shape index (κ2) is 12.2. The van der Waals surface area contributed by atoms with Gasteiger partial charge in [0, 0.05) is 14.1 Å². The summed E-state index contributed by atoms with van der Waals surface area (Å²) in [4.78, 5) is 30.7. The fourth-order valence-corrected chi connectivity index (χ4v) is 8.41. The quantitative estimate of drug-likeness (QED) is 0.321. The van der Waals surface area contributed by atoms with Gasteiger partial charge in [-0.15, -0.1) is 0 Å². The highest BCUT2D eigenvalue weighted by atomic mass is 16.2. The van der Waals surface area contributed by atoms with Gasteiger partial charge in [-0.25, -0.2) is 0 Å². The van der Waals surface area contributed by atoms with Crippen molar-refractivity contribution in [3.63, 3.8) is 0 Å². The molecule has 2 amide bonds. The maximum Gasteiger partial charge on any atom is 0.261 e. The van der Waals surface area contributed by atoms with E-state index in [4.69, 9.17) is 0 Å². The minimum absolute atomic E-state index is 0.0932. The Morgan fingerprint density at radius 3 is 1.19 bits per heavy atom. The molecule has 2 aliphatic carbocycles. The highest BCUT2D eigenvalue weighted by Gasteiger charge is 2.46. The monoisotopic (exact) mass is 564 g/mol. The van der Waals surface area contributed by atoms with Crippen LogP contribution in [0.4, 0.5) is 0 Å². The summed E-state index contributed by atoms with van der Waals surface area (Å²) in [6.45, 7) is 4.58. The molecule has 2 saturated carbocycles. The fourth-order valence-electron chi connectivity index (χ4n) is 8.41. The second-order valence-electron chi connectivity index (χ2n) is 13.4. The van der Waals surface area contributed by atoms with Gasteiger partial charge in [-0.1, -0.05) is 88.1 Å². The first kappa shape index (κ1) is 29.0. The van der Waals surface area contributed by atoms with Crippen LogP contribution in [-0.2, 0) is 9.59 Å². The first-order valence-corrected chi connectivity index (χ1v) is 16.7. The number of likely N-dealkylation sites (N-methyl/N-ethyl adjacent to an activating group) is 2. The van der Waals surface area contributed by atoms with Gasteiger partial charge in [-0.05, 0) is 97.3 Å². The van der Waals surface area contributed by atoms with Gasteiger partial charge in [0.2, 0.25) is 0 Å². The zero-order valence-corrected chi connectivity index (χ0v) is 26.1. The summed E-state index contributed by atoms with van der Waals surface area (Å²) in [5.74, 6) is 2.82. The number of fused-ring (bicyclic) bond motifs is 1. The molecule has 2 heterocycles. The van der Waals surface area contributed by atoms with E-state index >= 15 is 0 Å². The van der Waals surface area contributed by atoms with Crippen molar-refractivity contribution in [2.75, 3.05) is 14.1 Å². The molecule has 0 saturated heterocycles. The Morgan fingerprint density at radius 1 is 0.548 bits per heavy atom. The van der Waals surface area contributed by atoms with Crippen molar-refractivity contribution in [1.29, 1.82) is 0 Å². The van der Waals surface area contributed by atoms with Crippen molar-refractivity contribution in [3.05, 3.63) is 81.9 Å². The van der Waals surface area contributed by atoms with Crippen molar-refractivity contribution in [3.8, 4) is 0 Å². The smallest absolute Gasteiger partial charge is 0.261 e. The van der Waals surface area contributed by atoms with Gasteiger partial charge in [0.05, 0.1) is 22.5 Å². The third kappa shape index (κ3) is 5.27. The first-order chi connectivity index (χ1) is 20.4. The molecule has 0 unspecified atom stereocenters. The zero-order chi connectivity index (χ0) is 29.4. The van der Waals surface area contributed by atoms with E-state index in [0.717, 1.165) is 34.4 Å². The maximum atomic E-state index is 13.7. The number of benzene rings is 2. The summed E-state index contributed by atoms with van der Waals surface area (Å²) < 4.78 is 0. The topological polar surface area (TPSA) is 40.6 Å². The van der Waals surface area contributed by atoms with Gasteiger partial charge in [-0.3, -0.25) is 9.59 Å². The molecule has 6 rings (SSSR count). The average Bonchev–Trinajstić information content (AvgIpc) is 3.43. The van der Waals surface area contributed by atoms with Gasteiger partial charge >= 0.3 is 0 Å². The Bertz CT molecular complexity index is 1260. The summed E-state index contributed by atoms with van der Waals surface area (Å²) in [6.07, 6.45) is 15.6. The molecule has 4 nitrogen and oxygen atoms in total. The number of hydrogen-bond donors (Lipinski definition) is 0. The highest BCUT2D eigenvalue weighted by Crippen LogP contribution is 2.46. The molecule has 0 spiro atoms. The van der Waals surface area contributed by atoms with Crippen molar-refractivity contribution in [2.24, 2.45) is 11.8 Å². The number of carbonyl (C=O) groups is 2. The van der Waals surface area contributed by atoms with Crippen LogP contribution in [0.2, 0.25) is 0 Å². The lowest BCUT2D eigenvalue weighted by Gasteiger charge is -2.29. The predicted molar refractivity (Wildman–Crippen MR) is 171 cm³/mol. The van der Waals surface area contributed by atoms with E-state index in [1.807, 2.05) is 14.1 Å². The Hall–Kier alpha value is -3.14. The van der Waals surface area contributed by atoms with Crippen LogP contribution in [0.15, 0.2) is 59.7 Å². The molecule has 222 valence electrons. The minimum Gasteiger partial charge on any atom is -0.310 e. The molecule has 4 heteroatoms. The molecule has 0 aromatic heterocycles. The molecule has 0 N–H and O–H groups in total. The van der Waals surface area contributed by atoms with E-state index in [1.54, 1.807) is 9.80 Å². The molecule has 2 fully saturated rings. The molecule has 42 heavy (non-hydrogen) atoms. The van der Waals surface area contributed by atoms with Gasteiger partial charge < -0.3 is 9.80 Å². The second-order valence-corrected chi connectivity index (χ2v) is 13.4. The third-order valence-corrected chi connectivity index (χ3v) is 10.8. The molecular weight excluding hydrogens is 516 g/mol. The summed E-state index contributed by atoms with van der Waals surface area (Å²) in [5.41, 5.74) is 7.22. The van der Waals surface area contributed by atoms with Gasteiger partial charge in [0.25, 0.3) is 11.8 Å². The number of nitrogens with zero attached hydrogens (tertiary/aromatic N) is 2. The first-order valence-electron chi connectivity index (χ1n) is 16.7. The lowest BCUT2D eigenvalue weighted by atomic mass is 9.77. The Balaban J connectivity index is 1.25. The molecule has 0 atom stereocenters. The standard InChI is InChI=1S/C38H48N2O2/c1-5-7-25-9-13-27(14-10-25)29-17-21-31(22-18-29)35-33-34(38(42)39(35)3)36(40(4)37(33)41)32-23-19-30(20-24-32)28-15-11-26(8-6-2)12-16-28/h17-28H,5-16H2,1-4H3. The van der Waals surface area contributed by atoms with E-state index in [-0.39, 0.29) is 11.8 Å². The van der Waals surface area contributed by atoms with Crippen LogP contribution in [0, 0.1) is 11.8 Å². The summed E-state index contributed by atoms with van der Waals surface area (Å²) in [6, 6.07) is 17.4. The van der Waals surface area contributed by atoms with E-state index in [9.17, 15) is 9.59 Å². The number of rotatable bonds is 8. The normalized spacial score (nSPS) is 26.5. The van der Waals surface area contributed by atoms with Crippen molar-refractivity contribution < 1.29 is 9.59 Å². The Morgan fingerprint density at radius 2 is 0.881 bits per heavy atom. The number of hydrogen-bond acceptors (Lipinski definition) is 2. The molecule has 0 radical (unpaired) electrons. The molecule has 2 aromatic rings. The molecule has 2 aromatic carbocycles. The van der Waals surface area contributed by atoms with Crippen LogP contribution >= 0.6 is 0 Å². The molecular formula is C38H48N2O2.